The second kappa shape index (κ2) is 6.21. The molecule has 0 bridgehead atoms. The van der Waals surface area contributed by atoms with Crippen LogP contribution in [0.4, 0.5) is 0 Å². The predicted octanol–water partition coefficient (Wildman–Crippen LogP) is 2.84. The van der Waals surface area contributed by atoms with Crippen LogP contribution in [0, 0.1) is 0 Å². The molecule has 104 valence electrons. The predicted molar refractivity (Wildman–Crippen MR) is 77.6 cm³/mol. The van der Waals surface area contributed by atoms with E-state index in [-0.39, 0.29) is 6.42 Å². The zero-order chi connectivity index (χ0) is 14.5. The number of ether oxygens (including phenoxy) is 1. The lowest BCUT2D eigenvalue weighted by Gasteiger charge is -2.13. The Morgan fingerprint density at radius 3 is 2.70 bits per heavy atom. The Labute approximate surface area is 117 Å². The third-order valence-corrected chi connectivity index (χ3v) is 3.13. The van der Waals surface area contributed by atoms with Gasteiger partial charge in [-0.05, 0) is 23.3 Å². The molecule has 0 saturated carbocycles. The van der Waals surface area contributed by atoms with E-state index in [2.05, 4.69) is 0 Å². The van der Waals surface area contributed by atoms with Crippen LogP contribution in [0.1, 0.15) is 18.0 Å². The summed E-state index contributed by atoms with van der Waals surface area (Å²) in [5.41, 5.74) is 8.62. The number of carbonyl (C=O) groups is 1. The lowest BCUT2D eigenvalue weighted by molar-refractivity contribution is -0.137. The summed E-state index contributed by atoms with van der Waals surface area (Å²) in [5, 5.41) is 8.81. The first-order valence-electron chi connectivity index (χ1n) is 6.32. The third kappa shape index (κ3) is 3.16. The fraction of sp³-hybridized carbons (Fsp3) is 0.188. The average Bonchev–Trinajstić information content (AvgIpc) is 2.46. The van der Waals surface area contributed by atoms with Crippen LogP contribution < -0.4 is 10.5 Å². The van der Waals surface area contributed by atoms with Gasteiger partial charge in [-0.3, -0.25) is 4.79 Å². The number of aliphatic carboxylic acids is 1. The minimum atomic E-state index is -0.903. The molecule has 2 rings (SSSR count). The number of rotatable bonds is 5. The minimum absolute atomic E-state index is 0.0879. The van der Waals surface area contributed by atoms with E-state index in [4.69, 9.17) is 15.6 Å². The fourth-order valence-electron chi connectivity index (χ4n) is 2.13. The van der Waals surface area contributed by atoms with E-state index in [0.717, 1.165) is 22.4 Å². The van der Waals surface area contributed by atoms with Gasteiger partial charge in [0.25, 0.3) is 0 Å². The van der Waals surface area contributed by atoms with Crippen LogP contribution in [0.15, 0.2) is 48.5 Å². The number of para-hydroxylation sites is 1. The Hall–Kier alpha value is -2.33. The highest BCUT2D eigenvalue weighted by Gasteiger charge is 2.12. The molecule has 0 unspecified atom stereocenters. The molecule has 3 N–H and O–H groups in total. The van der Waals surface area contributed by atoms with Gasteiger partial charge in [0.2, 0.25) is 0 Å². The number of benzene rings is 2. The van der Waals surface area contributed by atoms with E-state index in [1.165, 1.54) is 0 Å². The number of hydrogen-bond donors (Lipinski definition) is 2. The van der Waals surface area contributed by atoms with Gasteiger partial charge < -0.3 is 15.6 Å². The molecule has 4 nitrogen and oxygen atoms in total. The maximum Gasteiger partial charge on any atom is 0.305 e. The van der Waals surface area contributed by atoms with Crippen molar-refractivity contribution >= 4 is 5.97 Å². The molecule has 1 atom stereocenters. The maximum absolute atomic E-state index is 10.7. The van der Waals surface area contributed by atoms with Gasteiger partial charge in [0.1, 0.15) is 5.75 Å². The van der Waals surface area contributed by atoms with E-state index in [1.807, 2.05) is 48.5 Å². The first kappa shape index (κ1) is 14.1. The largest absolute Gasteiger partial charge is 0.496 e. The van der Waals surface area contributed by atoms with E-state index in [0.29, 0.717) is 0 Å². The van der Waals surface area contributed by atoms with Crippen LogP contribution in [0.5, 0.6) is 5.75 Å². The van der Waals surface area contributed by atoms with Crippen molar-refractivity contribution in [3.63, 3.8) is 0 Å². The minimum Gasteiger partial charge on any atom is -0.496 e. The van der Waals surface area contributed by atoms with Gasteiger partial charge in [-0.15, -0.1) is 0 Å². The van der Waals surface area contributed by atoms with Crippen molar-refractivity contribution in [3.8, 4) is 16.9 Å². The molecule has 0 aliphatic heterocycles. The van der Waals surface area contributed by atoms with Gasteiger partial charge in [-0.1, -0.05) is 36.4 Å². The summed E-state index contributed by atoms with van der Waals surface area (Å²) in [5.74, 6) is -0.128. The van der Waals surface area contributed by atoms with Crippen LogP contribution in [-0.4, -0.2) is 18.2 Å². The lowest BCUT2D eigenvalue weighted by atomic mass is 9.98. The maximum atomic E-state index is 10.7. The molecular weight excluding hydrogens is 254 g/mol. The average molecular weight is 271 g/mol. The zero-order valence-corrected chi connectivity index (χ0v) is 11.2. The molecule has 0 heterocycles. The summed E-state index contributed by atoms with van der Waals surface area (Å²) in [6.45, 7) is 0. The van der Waals surface area contributed by atoms with E-state index in [1.54, 1.807) is 7.11 Å². The van der Waals surface area contributed by atoms with Gasteiger partial charge in [0.05, 0.1) is 13.5 Å². The van der Waals surface area contributed by atoms with Gasteiger partial charge >= 0.3 is 5.97 Å². The molecule has 0 spiro atoms. The van der Waals surface area contributed by atoms with E-state index >= 15 is 0 Å². The van der Waals surface area contributed by atoms with Gasteiger partial charge in [0.15, 0.2) is 0 Å². The Morgan fingerprint density at radius 1 is 1.25 bits per heavy atom. The topological polar surface area (TPSA) is 72.5 Å². The molecule has 2 aromatic rings. The second-order valence-electron chi connectivity index (χ2n) is 4.53. The summed E-state index contributed by atoms with van der Waals surface area (Å²) in [7, 11) is 1.62. The Balaban J connectivity index is 2.36. The molecular formula is C16H17NO3. The molecule has 0 aromatic heterocycles. The SMILES string of the molecule is COc1ccccc1-c1cccc([C@@H](N)CC(=O)O)c1. The second-order valence-corrected chi connectivity index (χ2v) is 4.53. The number of hydrogen-bond acceptors (Lipinski definition) is 3. The summed E-state index contributed by atoms with van der Waals surface area (Å²) < 4.78 is 5.34. The van der Waals surface area contributed by atoms with Crippen molar-refractivity contribution in [3.05, 3.63) is 54.1 Å². The van der Waals surface area contributed by atoms with Crippen LogP contribution in [0.2, 0.25) is 0 Å². The van der Waals surface area contributed by atoms with Crippen LogP contribution in [0.3, 0.4) is 0 Å². The van der Waals surface area contributed by atoms with Gasteiger partial charge in [-0.2, -0.15) is 0 Å². The summed E-state index contributed by atoms with van der Waals surface area (Å²) >= 11 is 0. The van der Waals surface area contributed by atoms with Crippen molar-refractivity contribution < 1.29 is 14.6 Å². The van der Waals surface area contributed by atoms with Crippen molar-refractivity contribution in [1.29, 1.82) is 0 Å². The van der Waals surface area contributed by atoms with E-state index in [9.17, 15) is 4.79 Å². The van der Waals surface area contributed by atoms with Gasteiger partial charge in [0, 0.05) is 11.6 Å². The number of carboxylic acids is 1. The summed E-state index contributed by atoms with van der Waals surface area (Å²) in [6.07, 6.45) is -0.0879. The molecule has 0 saturated heterocycles. The highest BCUT2D eigenvalue weighted by Crippen LogP contribution is 2.31. The first-order valence-corrected chi connectivity index (χ1v) is 6.32. The van der Waals surface area contributed by atoms with Gasteiger partial charge in [-0.25, -0.2) is 0 Å². The Bertz CT molecular complexity index is 610. The highest BCUT2D eigenvalue weighted by atomic mass is 16.5. The first-order chi connectivity index (χ1) is 9.61. The van der Waals surface area contributed by atoms with Crippen LogP contribution in [-0.2, 0) is 4.79 Å². The summed E-state index contributed by atoms with van der Waals surface area (Å²) in [4.78, 5) is 10.7. The monoisotopic (exact) mass is 271 g/mol. The Kier molecular flexibility index (Phi) is 4.38. The molecule has 0 fully saturated rings. The van der Waals surface area contributed by atoms with Crippen molar-refractivity contribution in [1.82, 2.24) is 0 Å². The molecule has 4 heteroatoms. The normalized spacial score (nSPS) is 11.9. The molecule has 0 amide bonds. The van der Waals surface area contributed by atoms with Crippen LogP contribution >= 0.6 is 0 Å². The number of methoxy groups -OCH3 is 1. The van der Waals surface area contributed by atoms with Crippen molar-refractivity contribution in [2.45, 2.75) is 12.5 Å². The highest BCUT2D eigenvalue weighted by molar-refractivity contribution is 5.72. The quantitative estimate of drug-likeness (QED) is 0.877. The molecule has 0 aliphatic rings. The number of carboxylic acid groups (broad SMARTS) is 1. The molecule has 0 radical (unpaired) electrons. The smallest absolute Gasteiger partial charge is 0.305 e. The van der Waals surface area contributed by atoms with Crippen LogP contribution in [0.25, 0.3) is 11.1 Å². The van der Waals surface area contributed by atoms with E-state index < -0.39 is 12.0 Å². The fourth-order valence-corrected chi connectivity index (χ4v) is 2.13. The number of nitrogens with two attached hydrogens (primary N) is 1. The lowest BCUT2D eigenvalue weighted by Crippen LogP contribution is -2.14. The standard InChI is InChI=1S/C16H17NO3/c1-20-15-8-3-2-7-13(15)11-5-4-6-12(9-11)14(17)10-16(18)19/h2-9,14H,10,17H2,1H3,(H,18,19)/t14-/m0/s1. The van der Waals surface area contributed by atoms with Crippen molar-refractivity contribution in [2.75, 3.05) is 7.11 Å². The zero-order valence-electron chi connectivity index (χ0n) is 11.2. The Morgan fingerprint density at radius 2 is 2.00 bits per heavy atom. The molecule has 20 heavy (non-hydrogen) atoms. The molecule has 0 aliphatic carbocycles. The van der Waals surface area contributed by atoms with Crippen molar-refractivity contribution in [2.24, 2.45) is 5.73 Å². The summed E-state index contributed by atoms with van der Waals surface area (Å²) in [6, 6.07) is 14.7. The molecule has 2 aromatic carbocycles. The third-order valence-electron chi connectivity index (χ3n) is 3.13.